The van der Waals surface area contributed by atoms with Gasteiger partial charge >= 0.3 is 0 Å². The Morgan fingerprint density at radius 2 is 2.38 bits per heavy atom. The number of carbonyl (C=O) groups is 1. The molecule has 1 saturated heterocycles. The number of amides is 1. The van der Waals surface area contributed by atoms with Crippen molar-refractivity contribution in [3.05, 3.63) is 22.1 Å². The van der Waals surface area contributed by atoms with E-state index in [-0.39, 0.29) is 17.6 Å². The molecule has 3 rings (SSSR count). The van der Waals surface area contributed by atoms with Crippen LogP contribution in [-0.2, 0) is 4.79 Å². The fraction of sp³-hybridized carbons (Fsp3) is 0.455. The molecule has 2 heterocycles. The molecule has 84 valence electrons. The van der Waals surface area contributed by atoms with Crippen LogP contribution < -0.4 is 4.90 Å². The Morgan fingerprint density at radius 3 is 3.00 bits per heavy atom. The smallest absolute Gasteiger partial charge is 0.231 e. The molecule has 1 aliphatic carbocycles. The zero-order valence-electron chi connectivity index (χ0n) is 8.70. The van der Waals surface area contributed by atoms with Crippen molar-refractivity contribution in [3.8, 4) is 0 Å². The summed E-state index contributed by atoms with van der Waals surface area (Å²) in [7, 11) is 0. The second-order valence-corrected chi connectivity index (χ2v) is 5.27. The van der Waals surface area contributed by atoms with Crippen molar-refractivity contribution in [3.63, 3.8) is 0 Å². The molecular weight excluding hydrogens is 275 g/mol. The number of aryl methyl sites for hydroxylation is 1. The summed E-state index contributed by atoms with van der Waals surface area (Å²) in [4.78, 5) is 17.4. The van der Waals surface area contributed by atoms with Crippen LogP contribution in [0.5, 0.6) is 0 Å². The van der Waals surface area contributed by atoms with E-state index in [1.54, 1.807) is 6.92 Å². The minimum atomic E-state index is -0.438. The van der Waals surface area contributed by atoms with Gasteiger partial charge in [-0.2, -0.15) is 0 Å². The van der Waals surface area contributed by atoms with Crippen LogP contribution in [0.3, 0.4) is 0 Å². The van der Waals surface area contributed by atoms with Crippen LogP contribution in [-0.4, -0.2) is 17.4 Å². The Balaban J connectivity index is 2.00. The van der Waals surface area contributed by atoms with Gasteiger partial charge < -0.3 is 0 Å². The van der Waals surface area contributed by atoms with E-state index in [4.69, 9.17) is 0 Å². The van der Waals surface area contributed by atoms with Crippen molar-refractivity contribution >= 4 is 27.7 Å². The molecule has 0 unspecified atom stereocenters. The summed E-state index contributed by atoms with van der Waals surface area (Å²) in [5.74, 6) is 0.325. The molecule has 2 aliphatic rings. The highest BCUT2D eigenvalue weighted by atomic mass is 79.9. The number of carbonyl (C=O) groups excluding carboxylic acids is 1. The second-order valence-electron chi connectivity index (χ2n) is 4.41. The summed E-state index contributed by atoms with van der Waals surface area (Å²) >= 11 is 3.22. The van der Waals surface area contributed by atoms with Gasteiger partial charge in [0.1, 0.15) is 0 Å². The number of anilines is 1. The van der Waals surface area contributed by atoms with Gasteiger partial charge in [0.25, 0.3) is 0 Å². The van der Waals surface area contributed by atoms with E-state index in [9.17, 15) is 9.18 Å². The van der Waals surface area contributed by atoms with E-state index in [1.165, 1.54) is 11.0 Å². The van der Waals surface area contributed by atoms with Crippen molar-refractivity contribution in [1.82, 2.24) is 4.98 Å². The maximum Gasteiger partial charge on any atom is 0.231 e. The Morgan fingerprint density at radius 1 is 1.62 bits per heavy atom. The first kappa shape index (κ1) is 10.2. The average Bonchev–Trinajstić information content (AvgIpc) is 2.93. The van der Waals surface area contributed by atoms with Crippen LogP contribution in [0.2, 0.25) is 0 Å². The van der Waals surface area contributed by atoms with Gasteiger partial charge in [0, 0.05) is 16.9 Å². The summed E-state index contributed by atoms with van der Waals surface area (Å²) in [6.45, 7) is 2.41. The standard InChI is InChI=1S/C11H10BrFN2O/c1-5-8(12)3-9(13)10(14-5)15-4-6-2-7(6)11(15)16/h3,6-7H,2,4H2,1H3/t6-,7-/m1/s1. The average molecular weight is 285 g/mol. The molecule has 1 aliphatic heterocycles. The highest BCUT2D eigenvalue weighted by Crippen LogP contribution is 2.47. The van der Waals surface area contributed by atoms with Crippen LogP contribution in [0.1, 0.15) is 12.1 Å². The summed E-state index contributed by atoms with van der Waals surface area (Å²) in [5, 5.41) is 0. The molecule has 16 heavy (non-hydrogen) atoms. The lowest BCUT2D eigenvalue weighted by atomic mass is 10.3. The number of halogens is 2. The van der Waals surface area contributed by atoms with Gasteiger partial charge in [-0.3, -0.25) is 9.69 Å². The summed E-state index contributed by atoms with van der Waals surface area (Å²) in [6, 6.07) is 1.37. The van der Waals surface area contributed by atoms with E-state index >= 15 is 0 Å². The summed E-state index contributed by atoms with van der Waals surface area (Å²) < 4.78 is 14.3. The first-order chi connectivity index (χ1) is 7.58. The van der Waals surface area contributed by atoms with E-state index in [2.05, 4.69) is 20.9 Å². The molecule has 5 heteroatoms. The van der Waals surface area contributed by atoms with Crippen molar-refractivity contribution in [2.75, 3.05) is 11.4 Å². The van der Waals surface area contributed by atoms with Gasteiger partial charge in [0.15, 0.2) is 11.6 Å². The molecule has 0 N–H and O–H groups in total. The first-order valence-electron chi connectivity index (χ1n) is 5.22. The van der Waals surface area contributed by atoms with Crippen LogP contribution in [0.4, 0.5) is 10.2 Å². The van der Waals surface area contributed by atoms with Gasteiger partial charge in [0.05, 0.1) is 5.69 Å². The van der Waals surface area contributed by atoms with E-state index in [1.807, 2.05) is 0 Å². The van der Waals surface area contributed by atoms with Gasteiger partial charge in [-0.05, 0) is 41.3 Å². The highest BCUT2D eigenvalue weighted by Gasteiger charge is 2.53. The second kappa shape index (κ2) is 3.26. The molecule has 0 aromatic carbocycles. The van der Waals surface area contributed by atoms with Gasteiger partial charge in [0.2, 0.25) is 5.91 Å². The molecule has 1 aromatic rings. The maximum absolute atomic E-state index is 13.7. The summed E-state index contributed by atoms with van der Waals surface area (Å²) in [5.41, 5.74) is 0.699. The zero-order valence-corrected chi connectivity index (χ0v) is 10.3. The molecule has 3 nitrogen and oxygen atoms in total. The monoisotopic (exact) mass is 284 g/mol. The number of rotatable bonds is 1. The van der Waals surface area contributed by atoms with Crippen LogP contribution in [0.15, 0.2) is 10.5 Å². The Labute approximate surface area is 101 Å². The Hall–Kier alpha value is -0.970. The van der Waals surface area contributed by atoms with Crippen molar-refractivity contribution in [1.29, 1.82) is 0 Å². The normalized spacial score (nSPS) is 27.2. The minimum Gasteiger partial charge on any atom is -0.294 e. The molecule has 0 radical (unpaired) electrons. The number of pyridine rings is 1. The number of hydrogen-bond donors (Lipinski definition) is 0. The number of nitrogens with zero attached hydrogens (tertiary/aromatic N) is 2. The molecule has 1 amide bonds. The quantitative estimate of drug-likeness (QED) is 0.793. The third-order valence-corrected chi connectivity index (χ3v) is 4.07. The van der Waals surface area contributed by atoms with Crippen molar-refractivity contribution in [2.24, 2.45) is 11.8 Å². The molecule has 2 atom stereocenters. The van der Waals surface area contributed by atoms with Crippen molar-refractivity contribution < 1.29 is 9.18 Å². The molecule has 0 bridgehead atoms. The lowest BCUT2D eigenvalue weighted by molar-refractivity contribution is -0.118. The molecule has 1 aromatic heterocycles. The van der Waals surface area contributed by atoms with Gasteiger partial charge in [-0.1, -0.05) is 0 Å². The molecular formula is C11H10BrFN2O. The van der Waals surface area contributed by atoms with Gasteiger partial charge in [-0.25, -0.2) is 9.37 Å². The van der Waals surface area contributed by atoms with Gasteiger partial charge in [-0.15, -0.1) is 0 Å². The third-order valence-electron chi connectivity index (χ3n) is 3.26. The van der Waals surface area contributed by atoms with E-state index in [0.717, 1.165) is 6.42 Å². The largest absolute Gasteiger partial charge is 0.294 e. The van der Waals surface area contributed by atoms with E-state index in [0.29, 0.717) is 22.6 Å². The van der Waals surface area contributed by atoms with E-state index < -0.39 is 5.82 Å². The molecule has 1 saturated carbocycles. The Bertz CT molecular complexity index is 491. The van der Waals surface area contributed by atoms with Crippen LogP contribution >= 0.6 is 15.9 Å². The number of hydrogen-bond acceptors (Lipinski definition) is 2. The SMILES string of the molecule is Cc1nc(N2C[C@H]3C[C@H]3C2=O)c(F)cc1Br. The van der Waals surface area contributed by atoms with Crippen molar-refractivity contribution in [2.45, 2.75) is 13.3 Å². The zero-order chi connectivity index (χ0) is 11.4. The fourth-order valence-corrected chi connectivity index (χ4v) is 2.49. The lowest BCUT2D eigenvalue weighted by Crippen LogP contribution is -2.29. The topological polar surface area (TPSA) is 33.2 Å². The maximum atomic E-state index is 13.7. The third kappa shape index (κ3) is 1.38. The lowest BCUT2D eigenvalue weighted by Gasteiger charge is -2.18. The predicted octanol–water partition coefficient (Wildman–Crippen LogP) is 2.27. The summed E-state index contributed by atoms with van der Waals surface area (Å²) in [6.07, 6.45) is 0.965. The number of aromatic nitrogens is 1. The highest BCUT2D eigenvalue weighted by molar-refractivity contribution is 9.10. The Kier molecular flexibility index (Phi) is 2.08. The molecule has 0 spiro atoms. The molecule has 2 fully saturated rings. The predicted molar refractivity (Wildman–Crippen MR) is 60.6 cm³/mol. The first-order valence-corrected chi connectivity index (χ1v) is 6.01. The van der Waals surface area contributed by atoms with Crippen LogP contribution in [0, 0.1) is 24.6 Å². The number of piperidine rings is 1. The minimum absolute atomic E-state index is 0.0260. The fourth-order valence-electron chi connectivity index (χ4n) is 2.20. The number of fused-ring (bicyclic) bond motifs is 1. The van der Waals surface area contributed by atoms with Crippen LogP contribution in [0.25, 0.3) is 0 Å².